The van der Waals surface area contributed by atoms with E-state index in [4.69, 9.17) is 5.11 Å². The molecule has 26 heavy (non-hydrogen) atoms. The van der Waals surface area contributed by atoms with Crippen LogP contribution in [-0.4, -0.2) is 30.6 Å². The second kappa shape index (κ2) is 5.44. The highest BCUT2D eigenvalue weighted by Crippen LogP contribution is 2.38. The van der Waals surface area contributed by atoms with Gasteiger partial charge in [0.1, 0.15) is 5.56 Å². The minimum Gasteiger partial charge on any atom is -0.449 e. The van der Waals surface area contributed by atoms with E-state index in [0.29, 0.717) is 12.1 Å². The molecule has 0 aliphatic heterocycles. The Bertz CT molecular complexity index is 1150. The number of nitrogens with one attached hydrogen (secondary N) is 1. The SMILES string of the molecule is Cc1c(OC(=O)O)nc2c(=O)[nH]c3cc(C(F)(F)F)c([N+](=O)[O-])cc3n12. The Hall–Kier alpha value is -3.64. The number of carboxylic acid groups (broad SMARTS) is 1. The van der Waals surface area contributed by atoms with Crippen molar-refractivity contribution in [2.45, 2.75) is 13.1 Å². The standard InChI is InChI=1S/C13H7F3N4O6/c1-4-11(26-12(22)23)18-9-10(21)17-6-2-5(13(14,15)16)7(20(24)25)3-8(6)19(4)9/h2-3H,1H3,(H,17,21)(H,22,23). The molecule has 10 nitrogen and oxygen atoms in total. The van der Waals surface area contributed by atoms with Gasteiger partial charge in [-0.1, -0.05) is 0 Å². The quantitative estimate of drug-likeness (QED) is 0.400. The lowest BCUT2D eigenvalue weighted by Crippen LogP contribution is -2.14. The number of H-pyrrole nitrogens is 1. The fraction of sp³-hybridized carbons (Fsp3) is 0.154. The summed E-state index contributed by atoms with van der Waals surface area (Å²) in [6.45, 7) is 1.29. The van der Waals surface area contributed by atoms with E-state index in [-0.39, 0.29) is 22.4 Å². The number of nitro groups is 1. The van der Waals surface area contributed by atoms with E-state index in [2.05, 4.69) is 14.7 Å². The number of hydrogen-bond acceptors (Lipinski definition) is 6. The van der Waals surface area contributed by atoms with Crippen molar-refractivity contribution in [3.8, 4) is 5.88 Å². The summed E-state index contributed by atoms with van der Waals surface area (Å²) in [4.78, 5) is 38.4. The number of aromatic nitrogens is 3. The van der Waals surface area contributed by atoms with Crippen LogP contribution in [-0.2, 0) is 6.18 Å². The van der Waals surface area contributed by atoms with Gasteiger partial charge in [0.25, 0.3) is 11.2 Å². The van der Waals surface area contributed by atoms with Crippen LogP contribution in [0.3, 0.4) is 0 Å². The number of aromatic amines is 1. The third kappa shape index (κ3) is 2.58. The Balaban J connectivity index is 2.48. The summed E-state index contributed by atoms with van der Waals surface area (Å²) in [6.07, 6.45) is -6.74. The lowest BCUT2D eigenvalue weighted by Gasteiger charge is -2.10. The highest BCUT2D eigenvalue weighted by atomic mass is 19.4. The number of hydrogen-bond donors (Lipinski definition) is 2. The molecule has 0 saturated heterocycles. The van der Waals surface area contributed by atoms with Gasteiger partial charge in [0.2, 0.25) is 11.5 Å². The van der Waals surface area contributed by atoms with E-state index in [9.17, 15) is 32.9 Å². The lowest BCUT2D eigenvalue weighted by atomic mass is 10.1. The minimum atomic E-state index is -5.02. The van der Waals surface area contributed by atoms with Gasteiger partial charge in [0.15, 0.2) is 0 Å². The molecule has 0 radical (unpaired) electrons. The maximum Gasteiger partial charge on any atom is 0.512 e. The normalized spacial score (nSPS) is 11.8. The van der Waals surface area contributed by atoms with Crippen molar-refractivity contribution in [1.29, 1.82) is 0 Å². The Morgan fingerprint density at radius 3 is 2.62 bits per heavy atom. The molecule has 0 bridgehead atoms. The molecule has 0 spiro atoms. The summed E-state index contributed by atoms with van der Waals surface area (Å²) >= 11 is 0. The van der Waals surface area contributed by atoms with Gasteiger partial charge >= 0.3 is 12.3 Å². The number of carbonyl (C=O) groups is 1. The number of aryl methyl sites for hydroxylation is 1. The zero-order valence-electron chi connectivity index (χ0n) is 12.6. The molecule has 3 aromatic rings. The lowest BCUT2D eigenvalue weighted by molar-refractivity contribution is -0.387. The fourth-order valence-electron chi connectivity index (χ4n) is 2.53. The molecular weight excluding hydrogens is 365 g/mol. The van der Waals surface area contributed by atoms with Gasteiger partial charge < -0.3 is 14.8 Å². The van der Waals surface area contributed by atoms with Crippen molar-refractivity contribution in [2.24, 2.45) is 0 Å². The van der Waals surface area contributed by atoms with E-state index in [1.165, 1.54) is 6.92 Å². The molecule has 2 N–H and O–H groups in total. The molecule has 13 heteroatoms. The molecule has 0 aliphatic carbocycles. The molecule has 0 amide bonds. The van der Waals surface area contributed by atoms with E-state index in [1.807, 2.05) is 0 Å². The van der Waals surface area contributed by atoms with Crippen LogP contribution in [0.2, 0.25) is 0 Å². The molecule has 1 aromatic carbocycles. The maximum atomic E-state index is 13.1. The van der Waals surface area contributed by atoms with Crippen molar-refractivity contribution < 1.29 is 32.7 Å². The van der Waals surface area contributed by atoms with Crippen molar-refractivity contribution in [2.75, 3.05) is 0 Å². The zero-order valence-corrected chi connectivity index (χ0v) is 12.6. The predicted molar refractivity (Wildman–Crippen MR) is 78.4 cm³/mol. The molecule has 0 atom stereocenters. The first-order chi connectivity index (χ1) is 12.0. The first kappa shape index (κ1) is 17.2. The molecular formula is C13H7F3N4O6. The average Bonchev–Trinajstić information content (AvgIpc) is 2.82. The number of fused-ring (bicyclic) bond motifs is 3. The molecule has 2 aromatic heterocycles. The smallest absolute Gasteiger partial charge is 0.449 e. The van der Waals surface area contributed by atoms with Gasteiger partial charge in [-0.2, -0.15) is 18.2 Å². The Kier molecular flexibility index (Phi) is 3.59. The number of ether oxygens (including phenoxy) is 1. The summed E-state index contributed by atoms with van der Waals surface area (Å²) in [5.74, 6) is -0.474. The second-order valence-corrected chi connectivity index (χ2v) is 5.12. The van der Waals surface area contributed by atoms with E-state index >= 15 is 0 Å². The topological polar surface area (TPSA) is 140 Å². The van der Waals surface area contributed by atoms with Crippen molar-refractivity contribution >= 4 is 28.5 Å². The van der Waals surface area contributed by atoms with Gasteiger partial charge in [-0.3, -0.25) is 19.3 Å². The van der Waals surface area contributed by atoms with Crippen LogP contribution in [0.15, 0.2) is 16.9 Å². The summed E-state index contributed by atoms with van der Waals surface area (Å²) in [5.41, 5.74) is -4.64. The molecule has 136 valence electrons. The van der Waals surface area contributed by atoms with Gasteiger partial charge in [0.05, 0.1) is 21.7 Å². The second-order valence-electron chi connectivity index (χ2n) is 5.12. The van der Waals surface area contributed by atoms with Crippen LogP contribution in [0.4, 0.5) is 23.7 Å². The number of imidazole rings is 1. The van der Waals surface area contributed by atoms with Crippen LogP contribution in [0.25, 0.3) is 16.7 Å². The van der Waals surface area contributed by atoms with E-state index in [0.717, 1.165) is 4.40 Å². The summed E-state index contributed by atoms with van der Waals surface area (Å²) in [6, 6.07) is 1.06. The molecule has 0 aliphatic rings. The number of halogens is 3. The fourth-order valence-corrected chi connectivity index (χ4v) is 2.53. The largest absolute Gasteiger partial charge is 0.512 e. The van der Waals surface area contributed by atoms with Crippen molar-refractivity contribution in [3.05, 3.63) is 43.9 Å². The van der Waals surface area contributed by atoms with Crippen LogP contribution in [0.5, 0.6) is 5.88 Å². The van der Waals surface area contributed by atoms with Gasteiger partial charge in [-0.15, -0.1) is 0 Å². The van der Waals surface area contributed by atoms with Crippen LogP contribution in [0, 0.1) is 17.0 Å². The first-order valence-corrected chi connectivity index (χ1v) is 6.72. The Morgan fingerprint density at radius 1 is 1.42 bits per heavy atom. The summed E-state index contributed by atoms with van der Waals surface area (Å²) in [7, 11) is 0. The van der Waals surface area contributed by atoms with Crippen molar-refractivity contribution in [3.63, 3.8) is 0 Å². The summed E-state index contributed by atoms with van der Waals surface area (Å²) in [5, 5.41) is 19.7. The Morgan fingerprint density at radius 2 is 2.08 bits per heavy atom. The molecule has 3 rings (SSSR count). The maximum absolute atomic E-state index is 13.1. The molecule has 0 unspecified atom stereocenters. The number of rotatable bonds is 2. The van der Waals surface area contributed by atoms with Gasteiger partial charge in [0, 0.05) is 6.07 Å². The van der Waals surface area contributed by atoms with Gasteiger partial charge in [-0.25, -0.2) is 4.79 Å². The number of nitrogens with zero attached hydrogens (tertiary/aromatic N) is 3. The van der Waals surface area contributed by atoms with Crippen molar-refractivity contribution in [1.82, 2.24) is 14.4 Å². The zero-order chi connectivity index (χ0) is 19.4. The van der Waals surface area contributed by atoms with E-state index < -0.39 is 39.9 Å². The average molecular weight is 372 g/mol. The first-order valence-electron chi connectivity index (χ1n) is 6.72. The van der Waals surface area contributed by atoms with E-state index in [1.54, 1.807) is 0 Å². The highest BCUT2D eigenvalue weighted by Gasteiger charge is 2.39. The minimum absolute atomic E-state index is 0.0347. The van der Waals surface area contributed by atoms with Crippen LogP contribution in [0.1, 0.15) is 11.3 Å². The number of alkyl halides is 3. The molecule has 0 saturated carbocycles. The number of nitro benzene ring substituents is 1. The molecule has 2 heterocycles. The third-order valence-electron chi connectivity index (χ3n) is 3.56. The Labute approximate surface area is 139 Å². The summed E-state index contributed by atoms with van der Waals surface area (Å²) < 4.78 is 44.6. The van der Waals surface area contributed by atoms with Gasteiger partial charge in [-0.05, 0) is 13.0 Å². The highest BCUT2D eigenvalue weighted by molar-refractivity contribution is 5.82. The third-order valence-corrected chi connectivity index (χ3v) is 3.56. The predicted octanol–water partition coefficient (Wildman–Crippen LogP) is 2.47. The van der Waals surface area contributed by atoms with Crippen LogP contribution >= 0.6 is 0 Å². The van der Waals surface area contributed by atoms with Crippen LogP contribution < -0.4 is 10.3 Å². The number of benzene rings is 1. The molecule has 0 fully saturated rings. The monoisotopic (exact) mass is 372 g/mol.